The van der Waals surface area contributed by atoms with Crippen molar-refractivity contribution in [1.29, 1.82) is 5.26 Å². The van der Waals surface area contributed by atoms with Gasteiger partial charge in [0.15, 0.2) is 0 Å². The summed E-state index contributed by atoms with van der Waals surface area (Å²) in [5.74, 6) is 2.24. The quantitative estimate of drug-likeness (QED) is 0.346. The number of benzene rings is 1. The molecule has 176 valence electrons. The number of aliphatic hydroxyl groups is 1. The number of halogens is 1. The van der Waals surface area contributed by atoms with E-state index < -0.39 is 35.1 Å². The number of nitrogens with one attached hydrogen (secondary N) is 2. The van der Waals surface area contributed by atoms with Crippen LogP contribution in [0.1, 0.15) is 44.6 Å². The number of anilines is 1. The van der Waals surface area contributed by atoms with E-state index in [1.807, 2.05) is 0 Å². The molecule has 1 atom stereocenters. The zero-order valence-electron chi connectivity index (χ0n) is 19.1. The molecule has 0 unspecified atom stereocenters. The molecule has 1 aromatic carbocycles. The van der Waals surface area contributed by atoms with Crippen molar-refractivity contribution in [3.05, 3.63) is 52.1 Å². The summed E-state index contributed by atoms with van der Waals surface area (Å²) >= 11 is 0. The summed E-state index contributed by atoms with van der Waals surface area (Å²) in [5.41, 5.74) is -0.203. The largest absolute Gasteiger partial charge is 0.381 e. The Kier molecular flexibility index (Phi) is 6.87. The number of nitrogens with zero attached hydrogens (tertiary/aromatic N) is 2. The Bertz CT molecular complexity index is 1290. The molecule has 3 N–H and O–H groups in total. The van der Waals surface area contributed by atoms with E-state index in [4.69, 9.17) is 10.00 Å². The number of hydrogen-bond donors (Lipinski definition) is 3. The summed E-state index contributed by atoms with van der Waals surface area (Å²) in [6.45, 7) is 4.78. The molecular weight excluding hydrogens is 443 g/mol. The van der Waals surface area contributed by atoms with Crippen molar-refractivity contribution in [1.82, 2.24) is 9.88 Å². The van der Waals surface area contributed by atoms with Gasteiger partial charge in [0.05, 0.1) is 24.3 Å². The van der Waals surface area contributed by atoms with Gasteiger partial charge in [0.25, 0.3) is 17.6 Å². The highest BCUT2D eigenvalue weighted by atomic mass is 19.1. The van der Waals surface area contributed by atoms with Gasteiger partial charge in [-0.2, -0.15) is 5.26 Å². The summed E-state index contributed by atoms with van der Waals surface area (Å²) in [7, 11) is 1.58. The molecule has 34 heavy (non-hydrogen) atoms. The Labute approximate surface area is 195 Å². The first-order valence-corrected chi connectivity index (χ1v) is 10.3. The second-order valence-corrected chi connectivity index (χ2v) is 8.06. The molecule has 0 saturated carbocycles. The Morgan fingerprint density at radius 1 is 1.29 bits per heavy atom. The molecule has 10 heteroatoms. The topological polar surface area (TPSA) is 133 Å². The first-order chi connectivity index (χ1) is 16.0. The lowest BCUT2D eigenvalue weighted by atomic mass is 9.96. The fraction of sp³-hybridized carbons (Fsp3) is 0.333. The summed E-state index contributed by atoms with van der Waals surface area (Å²) in [5, 5.41) is 23.5. The minimum atomic E-state index is -1.07. The smallest absolute Gasteiger partial charge is 0.293 e. The normalized spacial score (nSPS) is 14.6. The third-order valence-corrected chi connectivity index (χ3v) is 5.49. The van der Waals surface area contributed by atoms with Crippen LogP contribution in [-0.2, 0) is 16.6 Å². The van der Waals surface area contributed by atoms with Crippen molar-refractivity contribution in [2.45, 2.75) is 32.4 Å². The zero-order chi connectivity index (χ0) is 25.2. The van der Waals surface area contributed by atoms with Gasteiger partial charge in [-0.1, -0.05) is 11.8 Å². The highest BCUT2D eigenvalue weighted by Gasteiger charge is 2.41. The molecule has 1 aliphatic heterocycles. The van der Waals surface area contributed by atoms with Crippen molar-refractivity contribution < 1.29 is 28.6 Å². The molecule has 1 aromatic heterocycles. The Balaban J connectivity index is 1.86. The van der Waals surface area contributed by atoms with Crippen LogP contribution < -0.4 is 10.6 Å². The van der Waals surface area contributed by atoms with Gasteiger partial charge in [-0.3, -0.25) is 14.4 Å². The van der Waals surface area contributed by atoms with Gasteiger partial charge in [0.1, 0.15) is 29.2 Å². The summed E-state index contributed by atoms with van der Waals surface area (Å²) < 4.78 is 20.2. The van der Waals surface area contributed by atoms with E-state index >= 15 is 0 Å². The first-order valence-electron chi connectivity index (χ1n) is 10.3. The molecule has 1 aliphatic rings. The number of Topliss-reactive ketones (excluding diaryl/α,β-unsaturated/α-hetero) is 1. The zero-order valence-corrected chi connectivity index (χ0v) is 19.1. The number of hydrogen-bond acceptors (Lipinski definition) is 6. The second-order valence-electron chi connectivity index (χ2n) is 8.06. The van der Waals surface area contributed by atoms with E-state index in [1.165, 1.54) is 23.6 Å². The van der Waals surface area contributed by atoms with E-state index in [1.54, 1.807) is 27.0 Å². The molecule has 0 bridgehead atoms. The van der Waals surface area contributed by atoms with Crippen molar-refractivity contribution in [3.8, 4) is 17.9 Å². The highest BCUT2D eigenvalue weighted by Crippen LogP contribution is 2.24. The highest BCUT2D eigenvalue weighted by molar-refractivity contribution is 6.44. The van der Waals surface area contributed by atoms with E-state index in [0.29, 0.717) is 5.69 Å². The maximum absolute atomic E-state index is 13.6. The lowest BCUT2D eigenvalue weighted by molar-refractivity contribution is -0.124. The molecular formula is C24H23FN4O5. The van der Waals surface area contributed by atoms with Gasteiger partial charge in [0, 0.05) is 18.4 Å². The van der Waals surface area contributed by atoms with Crippen molar-refractivity contribution in [2.75, 3.05) is 18.5 Å². The summed E-state index contributed by atoms with van der Waals surface area (Å²) in [4.78, 5) is 38.8. The first kappa shape index (κ1) is 24.6. The average molecular weight is 466 g/mol. The van der Waals surface area contributed by atoms with Crippen molar-refractivity contribution in [2.24, 2.45) is 7.05 Å². The van der Waals surface area contributed by atoms with Crippen LogP contribution in [0.25, 0.3) is 0 Å². The number of rotatable bonds is 5. The Hall–Kier alpha value is -3.99. The number of ketones is 1. The number of aromatic nitrogens is 1. The number of ether oxygens (including phenoxy) is 1. The predicted octanol–water partition coefficient (Wildman–Crippen LogP) is 1.36. The van der Waals surface area contributed by atoms with Crippen LogP contribution in [0.3, 0.4) is 0 Å². The predicted molar refractivity (Wildman–Crippen MR) is 119 cm³/mol. The minimum absolute atomic E-state index is 0.0702. The number of carbonyl (C=O) groups excluding carboxylic acids is 3. The van der Waals surface area contributed by atoms with Crippen LogP contribution >= 0.6 is 0 Å². The van der Waals surface area contributed by atoms with E-state index in [-0.39, 0.29) is 41.3 Å². The van der Waals surface area contributed by atoms with E-state index in [9.17, 15) is 23.9 Å². The lowest BCUT2D eigenvalue weighted by Crippen LogP contribution is -2.62. The minimum Gasteiger partial charge on any atom is -0.381 e. The SMILES string of the molecule is Cc1c(C(=O)C(=O)NC2(C#C[C@H](C)O)COC2)c(C)n(C)c1C(=O)Nc1ccc(F)c(C#N)c1. The van der Waals surface area contributed by atoms with Gasteiger partial charge in [0.2, 0.25) is 0 Å². The second kappa shape index (κ2) is 9.48. The average Bonchev–Trinajstić information content (AvgIpc) is 2.98. The Morgan fingerprint density at radius 3 is 2.53 bits per heavy atom. The monoisotopic (exact) mass is 466 g/mol. The van der Waals surface area contributed by atoms with Crippen LogP contribution in [0, 0.1) is 42.8 Å². The fourth-order valence-electron chi connectivity index (χ4n) is 3.62. The fourth-order valence-corrected chi connectivity index (χ4v) is 3.62. The van der Waals surface area contributed by atoms with Gasteiger partial charge >= 0.3 is 0 Å². The lowest BCUT2D eigenvalue weighted by Gasteiger charge is -2.37. The molecule has 2 aromatic rings. The molecule has 2 amide bonds. The molecule has 3 rings (SSSR count). The standard InChI is InChI=1S/C24H23FN4O5/c1-13(30)7-8-24(11-34-12-24)28-23(33)21(31)19-14(2)20(29(4)15(19)3)22(32)27-17-5-6-18(25)16(9-17)10-26/h5-6,9,13,30H,11-12H2,1-4H3,(H,27,32)(H,28,33)/t13-/m0/s1. The molecule has 0 radical (unpaired) electrons. The third-order valence-electron chi connectivity index (χ3n) is 5.49. The van der Waals surface area contributed by atoms with Gasteiger partial charge in [-0.15, -0.1) is 0 Å². The summed E-state index contributed by atoms with van der Waals surface area (Å²) in [6, 6.07) is 5.28. The van der Waals surface area contributed by atoms with Crippen molar-refractivity contribution >= 4 is 23.3 Å². The number of amides is 2. The van der Waals surface area contributed by atoms with Gasteiger partial charge < -0.3 is 25.0 Å². The molecule has 2 heterocycles. The van der Waals surface area contributed by atoms with E-state index in [2.05, 4.69) is 22.5 Å². The van der Waals surface area contributed by atoms with Crippen LogP contribution in [0.4, 0.5) is 10.1 Å². The maximum Gasteiger partial charge on any atom is 0.293 e. The van der Waals surface area contributed by atoms with Crippen molar-refractivity contribution in [3.63, 3.8) is 0 Å². The Morgan fingerprint density at radius 2 is 1.97 bits per heavy atom. The van der Waals surface area contributed by atoms with Crippen LogP contribution in [0.2, 0.25) is 0 Å². The van der Waals surface area contributed by atoms with Crippen LogP contribution in [-0.4, -0.2) is 52.1 Å². The molecule has 0 aliphatic carbocycles. The molecule has 1 fully saturated rings. The van der Waals surface area contributed by atoms with Crippen LogP contribution in [0.5, 0.6) is 0 Å². The number of nitriles is 1. The molecule has 0 spiro atoms. The van der Waals surface area contributed by atoms with Gasteiger partial charge in [-0.05, 0) is 44.5 Å². The number of aliphatic hydroxyl groups excluding tert-OH is 1. The van der Waals surface area contributed by atoms with Gasteiger partial charge in [-0.25, -0.2) is 4.39 Å². The summed E-state index contributed by atoms with van der Waals surface area (Å²) in [6.07, 6.45) is -0.907. The van der Waals surface area contributed by atoms with E-state index in [0.717, 1.165) is 6.07 Å². The number of carbonyl (C=O) groups is 3. The molecule has 9 nitrogen and oxygen atoms in total. The van der Waals surface area contributed by atoms with Crippen LogP contribution in [0.15, 0.2) is 18.2 Å². The maximum atomic E-state index is 13.6. The third kappa shape index (κ3) is 4.69. The molecule has 1 saturated heterocycles.